The van der Waals surface area contributed by atoms with Gasteiger partial charge >= 0.3 is 0 Å². The van der Waals surface area contributed by atoms with E-state index in [1.165, 1.54) is 16.4 Å². The molecule has 0 unspecified atom stereocenters. The molecule has 0 saturated heterocycles. The van der Waals surface area contributed by atoms with Gasteiger partial charge in [0.05, 0.1) is 24.2 Å². The average Bonchev–Trinajstić information content (AvgIpc) is 3.04. The van der Waals surface area contributed by atoms with E-state index in [0.717, 1.165) is 17.5 Å². The van der Waals surface area contributed by atoms with Gasteiger partial charge in [0.1, 0.15) is 0 Å². The number of likely N-dealkylation sites (N-methyl/N-ethyl adjacent to an activating group) is 1. The van der Waals surface area contributed by atoms with Crippen molar-refractivity contribution < 1.29 is 23.4 Å². The molecular weight excluding hydrogens is 610 g/mol. The Kier molecular flexibility index (Phi) is 16.2. The second kappa shape index (κ2) is 19.0. The molecular formula is C35H50ClN3O5S. The van der Waals surface area contributed by atoms with E-state index in [4.69, 9.17) is 0 Å². The molecule has 3 rings (SSSR count). The minimum Gasteiger partial charge on any atom is -0.395 e. The molecule has 0 spiro atoms. The molecule has 0 aliphatic heterocycles. The van der Waals surface area contributed by atoms with Crippen LogP contribution in [0.4, 0.5) is 0 Å². The van der Waals surface area contributed by atoms with E-state index in [9.17, 15) is 23.4 Å². The number of amides is 1. The van der Waals surface area contributed by atoms with Gasteiger partial charge in [-0.1, -0.05) is 93.6 Å². The number of hydrogen-bond acceptors (Lipinski definition) is 6. The van der Waals surface area contributed by atoms with Crippen LogP contribution in [0, 0.1) is 5.92 Å². The molecule has 0 aliphatic carbocycles. The Morgan fingerprint density at radius 3 is 1.87 bits per heavy atom. The number of carbonyl (C=O) groups excluding carboxylic acids is 1. The number of halogens is 1. The van der Waals surface area contributed by atoms with Crippen molar-refractivity contribution >= 4 is 28.3 Å². The second-order valence-corrected chi connectivity index (χ2v) is 13.6. The quantitative estimate of drug-likeness (QED) is 0.151. The fraction of sp³-hybridized carbons (Fsp3) is 0.457. The summed E-state index contributed by atoms with van der Waals surface area (Å²) in [5.74, 6) is -0.218. The summed E-state index contributed by atoms with van der Waals surface area (Å²) >= 11 is 0. The zero-order chi connectivity index (χ0) is 32.1. The van der Waals surface area contributed by atoms with Crippen LogP contribution in [0.2, 0.25) is 0 Å². The second-order valence-electron chi connectivity index (χ2n) is 11.7. The van der Waals surface area contributed by atoms with Crippen LogP contribution >= 0.6 is 12.4 Å². The van der Waals surface area contributed by atoms with E-state index >= 15 is 0 Å². The lowest BCUT2D eigenvalue weighted by atomic mass is 9.84. The van der Waals surface area contributed by atoms with Crippen LogP contribution in [0.3, 0.4) is 0 Å². The lowest BCUT2D eigenvalue weighted by Crippen LogP contribution is -2.50. The Hall–Kier alpha value is -2.79. The fourth-order valence-electron chi connectivity index (χ4n) is 5.65. The number of nitrogens with one attached hydrogen (secondary N) is 2. The van der Waals surface area contributed by atoms with Crippen LogP contribution < -0.4 is 10.6 Å². The Labute approximate surface area is 275 Å². The van der Waals surface area contributed by atoms with Crippen molar-refractivity contribution in [3.63, 3.8) is 0 Å². The molecule has 3 aromatic rings. The number of rotatable bonds is 18. The zero-order valence-electron chi connectivity index (χ0n) is 26.8. The van der Waals surface area contributed by atoms with Crippen LogP contribution in [0.25, 0.3) is 0 Å². The van der Waals surface area contributed by atoms with Crippen LogP contribution in [0.1, 0.15) is 69.1 Å². The molecule has 0 aromatic heterocycles. The molecule has 0 saturated carbocycles. The molecule has 3 atom stereocenters. The van der Waals surface area contributed by atoms with E-state index < -0.39 is 22.1 Å². The minimum absolute atomic E-state index is 0. The van der Waals surface area contributed by atoms with Crippen LogP contribution in [0.5, 0.6) is 0 Å². The largest absolute Gasteiger partial charge is 0.395 e. The smallest absolute Gasteiger partial charge is 0.243 e. The predicted octanol–water partition coefficient (Wildman–Crippen LogP) is 5.09. The average molecular weight is 660 g/mol. The molecule has 8 nitrogen and oxygen atoms in total. The summed E-state index contributed by atoms with van der Waals surface area (Å²) in [7, 11) is -2.07. The van der Waals surface area contributed by atoms with E-state index in [1.54, 1.807) is 19.2 Å². The standard InChI is InChI=1S/C35H49N3O5S.ClH/c1-5-30(37-35(41)34(36-4)33(28-13-8-6-9-14-28)29-15-10-7-11-16-29)17-12-18-31(25-40)38(23-26(2)3)44(42,43)32-21-19-27(24-39)20-22-32;/h6-11,13-16,19-22,26,30-31,33-34,36,39-40H,5,12,17-18,23-25H2,1-4H3,(H,37,41);1H/t30-,31-,34-;/m0./s1. The van der Waals surface area contributed by atoms with Gasteiger partial charge in [0, 0.05) is 24.5 Å². The summed E-state index contributed by atoms with van der Waals surface area (Å²) in [6.07, 6.45) is 2.45. The molecule has 3 aromatic carbocycles. The number of aliphatic hydroxyl groups excluding tert-OH is 2. The maximum absolute atomic E-state index is 13.7. The van der Waals surface area contributed by atoms with Crippen molar-refractivity contribution in [2.24, 2.45) is 5.92 Å². The molecule has 248 valence electrons. The molecule has 10 heteroatoms. The SMILES string of the molecule is CC[C@@H](CCC[C@@H](CO)N(CC(C)C)S(=O)(=O)c1ccc(CO)cc1)NC(=O)[C@@H](NC)C(c1ccccc1)c1ccccc1.Cl. The van der Waals surface area contributed by atoms with Gasteiger partial charge in [0.25, 0.3) is 0 Å². The Balaban J connectivity index is 0.00000705. The molecule has 0 heterocycles. The van der Waals surface area contributed by atoms with Crippen molar-refractivity contribution in [1.82, 2.24) is 14.9 Å². The first-order chi connectivity index (χ1) is 21.2. The van der Waals surface area contributed by atoms with Crippen LogP contribution in [0.15, 0.2) is 89.8 Å². The third-order valence-electron chi connectivity index (χ3n) is 8.05. The first-order valence-corrected chi connectivity index (χ1v) is 17.0. The minimum atomic E-state index is -3.87. The Bertz CT molecular complexity index is 1340. The van der Waals surface area contributed by atoms with Gasteiger partial charge < -0.3 is 20.8 Å². The zero-order valence-corrected chi connectivity index (χ0v) is 28.4. The van der Waals surface area contributed by atoms with Gasteiger partial charge in [0.15, 0.2) is 0 Å². The fourth-order valence-corrected chi connectivity index (χ4v) is 7.46. The van der Waals surface area contributed by atoms with Gasteiger partial charge in [0.2, 0.25) is 15.9 Å². The third kappa shape index (κ3) is 10.6. The number of benzene rings is 3. The molecule has 4 N–H and O–H groups in total. The van der Waals surface area contributed by atoms with Crippen LogP contribution in [-0.2, 0) is 21.4 Å². The van der Waals surface area contributed by atoms with Crippen LogP contribution in [-0.4, -0.2) is 67.2 Å². The molecule has 1 amide bonds. The number of aliphatic hydroxyl groups is 2. The topological polar surface area (TPSA) is 119 Å². The van der Waals surface area contributed by atoms with Gasteiger partial charge in [-0.3, -0.25) is 4.79 Å². The number of hydrogen-bond donors (Lipinski definition) is 4. The van der Waals surface area contributed by atoms with E-state index in [-0.39, 0.29) is 60.8 Å². The summed E-state index contributed by atoms with van der Waals surface area (Å²) < 4.78 is 28.7. The summed E-state index contributed by atoms with van der Waals surface area (Å²) in [5.41, 5.74) is 2.72. The van der Waals surface area contributed by atoms with E-state index in [2.05, 4.69) is 10.6 Å². The summed E-state index contributed by atoms with van der Waals surface area (Å²) in [5, 5.41) is 26.2. The third-order valence-corrected chi connectivity index (χ3v) is 9.98. The van der Waals surface area contributed by atoms with Crippen molar-refractivity contribution in [1.29, 1.82) is 0 Å². The number of nitrogens with zero attached hydrogens (tertiary/aromatic N) is 1. The van der Waals surface area contributed by atoms with E-state index in [1.807, 2.05) is 81.4 Å². The normalized spacial score (nSPS) is 13.8. The highest BCUT2D eigenvalue weighted by Gasteiger charge is 2.33. The molecule has 0 radical (unpaired) electrons. The van der Waals surface area contributed by atoms with Gasteiger partial charge in [-0.25, -0.2) is 8.42 Å². The maximum atomic E-state index is 13.7. The summed E-state index contributed by atoms with van der Waals surface area (Å²) in [4.78, 5) is 13.9. The van der Waals surface area contributed by atoms with Gasteiger partial charge in [-0.05, 0) is 67.5 Å². The summed E-state index contributed by atoms with van der Waals surface area (Å²) in [6, 6.07) is 25.0. The monoisotopic (exact) mass is 659 g/mol. The first kappa shape index (κ1) is 38.4. The highest BCUT2D eigenvalue weighted by Crippen LogP contribution is 2.29. The van der Waals surface area contributed by atoms with Crippen molar-refractivity contribution in [3.8, 4) is 0 Å². The molecule has 0 fully saturated rings. The Morgan fingerprint density at radius 2 is 1.42 bits per heavy atom. The summed E-state index contributed by atoms with van der Waals surface area (Å²) in [6.45, 7) is 5.73. The maximum Gasteiger partial charge on any atom is 0.243 e. The molecule has 0 aliphatic rings. The highest BCUT2D eigenvalue weighted by molar-refractivity contribution is 7.89. The number of carbonyl (C=O) groups is 1. The molecule has 45 heavy (non-hydrogen) atoms. The predicted molar refractivity (Wildman–Crippen MR) is 183 cm³/mol. The van der Waals surface area contributed by atoms with Crippen molar-refractivity contribution in [2.45, 2.75) is 82.0 Å². The molecule has 0 bridgehead atoms. The lowest BCUT2D eigenvalue weighted by Gasteiger charge is -2.32. The Morgan fingerprint density at radius 1 is 0.867 bits per heavy atom. The highest BCUT2D eigenvalue weighted by atomic mass is 35.5. The van der Waals surface area contributed by atoms with Gasteiger partial charge in [-0.15, -0.1) is 12.4 Å². The van der Waals surface area contributed by atoms with Crippen molar-refractivity contribution in [3.05, 3.63) is 102 Å². The van der Waals surface area contributed by atoms with E-state index in [0.29, 0.717) is 24.8 Å². The first-order valence-electron chi connectivity index (χ1n) is 15.6. The van der Waals surface area contributed by atoms with Crippen molar-refractivity contribution in [2.75, 3.05) is 20.2 Å². The lowest BCUT2D eigenvalue weighted by molar-refractivity contribution is -0.124. The number of sulfonamides is 1. The van der Waals surface area contributed by atoms with Gasteiger partial charge in [-0.2, -0.15) is 4.31 Å².